The number of sulfonamides is 1. The number of benzene rings is 3. The summed E-state index contributed by atoms with van der Waals surface area (Å²) < 4.78 is 34.9. The van der Waals surface area contributed by atoms with Gasteiger partial charge in [0.25, 0.3) is 10.0 Å². The first-order valence-electron chi connectivity index (χ1n) is 11.7. The van der Waals surface area contributed by atoms with Crippen molar-refractivity contribution < 1.29 is 23.1 Å². The van der Waals surface area contributed by atoms with Crippen LogP contribution < -0.4 is 9.04 Å². The number of carboxylic acid groups (broad SMARTS) is 1. The molecule has 1 heterocycles. The Bertz CT molecular complexity index is 1430. The number of aryl methyl sites for hydroxylation is 2. The number of carboxylic acids is 1. The molecule has 7 heteroatoms. The van der Waals surface area contributed by atoms with Crippen LogP contribution in [0, 0.1) is 6.92 Å². The lowest BCUT2D eigenvalue weighted by atomic mass is 10.0. The van der Waals surface area contributed by atoms with E-state index in [1.807, 2.05) is 37.3 Å². The average molecular weight is 490 g/mol. The largest absolute Gasteiger partial charge is 0.486 e. The maximum absolute atomic E-state index is 13.7. The van der Waals surface area contributed by atoms with Crippen molar-refractivity contribution in [1.82, 2.24) is 0 Å². The Labute approximate surface area is 205 Å². The minimum Gasteiger partial charge on any atom is -0.486 e. The molecule has 1 atom stereocenters. The Morgan fingerprint density at radius 1 is 1.09 bits per heavy atom. The zero-order chi connectivity index (χ0) is 24.6. The maximum atomic E-state index is 13.7. The Hall–Kier alpha value is -3.58. The highest BCUT2D eigenvalue weighted by molar-refractivity contribution is 7.92. The second-order valence-corrected chi connectivity index (χ2v) is 10.9. The molecule has 0 amide bonds. The molecule has 0 aromatic heterocycles. The van der Waals surface area contributed by atoms with Crippen LogP contribution in [0.3, 0.4) is 0 Å². The number of anilines is 1. The van der Waals surface area contributed by atoms with Crippen molar-refractivity contribution >= 4 is 33.3 Å². The van der Waals surface area contributed by atoms with Gasteiger partial charge in [-0.15, -0.1) is 0 Å². The van der Waals surface area contributed by atoms with E-state index in [0.29, 0.717) is 11.4 Å². The van der Waals surface area contributed by atoms with Gasteiger partial charge in [0, 0.05) is 6.42 Å². The van der Waals surface area contributed by atoms with E-state index in [9.17, 15) is 13.2 Å². The highest BCUT2D eigenvalue weighted by Crippen LogP contribution is 2.40. The van der Waals surface area contributed by atoms with Gasteiger partial charge in [-0.25, -0.2) is 8.42 Å². The minimum atomic E-state index is -3.88. The van der Waals surface area contributed by atoms with Crippen LogP contribution in [-0.2, 0) is 21.2 Å². The molecule has 35 heavy (non-hydrogen) atoms. The summed E-state index contributed by atoms with van der Waals surface area (Å²) in [5.74, 6) is -0.497. The molecule has 0 saturated carbocycles. The molecule has 0 spiro atoms. The first-order valence-corrected chi connectivity index (χ1v) is 13.2. The topological polar surface area (TPSA) is 83.9 Å². The van der Waals surface area contributed by atoms with Crippen molar-refractivity contribution in [3.63, 3.8) is 0 Å². The zero-order valence-electron chi connectivity index (χ0n) is 19.5. The Balaban J connectivity index is 1.55. The Morgan fingerprint density at radius 3 is 2.71 bits per heavy atom. The predicted molar refractivity (Wildman–Crippen MR) is 136 cm³/mol. The number of fused-ring (bicyclic) bond motifs is 2. The number of rotatable bonds is 6. The lowest BCUT2D eigenvalue weighted by Crippen LogP contribution is -2.43. The van der Waals surface area contributed by atoms with E-state index in [1.54, 1.807) is 24.3 Å². The van der Waals surface area contributed by atoms with Crippen LogP contribution in [0.25, 0.3) is 11.6 Å². The van der Waals surface area contributed by atoms with Crippen LogP contribution in [-0.4, -0.2) is 32.1 Å². The molecule has 0 unspecified atom stereocenters. The second kappa shape index (κ2) is 9.23. The van der Waals surface area contributed by atoms with Gasteiger partial charge in [0.2, 0.25) is 0 Å². The number of hydrogen-bond acceptors (Lipinski definition) is 4. The van der Waals surface area contributed by atoms with Gasteiger partial charge in [0.05, 0.1) is 17.1 Å². The smallest absolute Gasteiger partial charge is 0.303 e. The van der Waals surface area contributed by atoms with E-state index >= 15 is 0 Å². The molecule has 180 valence electrons. The molecule has 0 bridgehead atoms. The summed E-state index contributed by atoms with van der Waals surface area (Å²) in [5.41, 5.74) is 6.00. The number of aliphatic carboxylic acids is 1. The van der Waals surface area contributed by atoms with Crippen LogP contribution in [0.4, 0.5) is 5.69 Å². The van der Waals surface area contributed by atoms with E-state index in [4.69, 9.17) is 9.84 Å². The summed E-state index contributed by atoms with van der Waals surface area (Å²) in [4.78, 5) is 11.3. The number of ether oxygens (including phenoxy) is 1. The lowest BCUT2D eigenvalue weighted by Gasteiger charge is -2.35. The van der Waals surface area contributed by atoms with E-state index in [2.05, 4.69) is 18.2 Å². The third kappa shape index (κ3) is 4.68. The van der Waals surface area contributed by atoms with Crippen molar-refractivity contribution in [2.45, 2.75) is 43.6 Å². The van der Waals surface area contributed by atoms with Crippen molar-refractivity contribution in [2.24, 2.45) is 0 Å². The third-order valence-corrected chi connectivity index (χ3v) is 8.32. The van der Waals surface area contributed by atoms with Gasteiger partial charge in [-0.1, -0.05) is 48.5 Å². The maximum Gasteiger partial charge on any atom is 0.303 e. The molecule has 1 N–H and O–H groups in total. The third-order valence-electron chi connectivity index (χ3n) is 6.54. The molecule has 0 fully saturated rings. The molecule has 0 saturated heterocycles. The van der Waals surface area contributed by atoms with Gasteiger partial charge in [-0.3, -0.25) is 9.10 Å². The molecule has 0 radical (unpaired) electrons. The normalized spacial score (nSPS) is 18.1. The van der Waals surface area contributed by atoms with Gasteiger partial charge in [-0.05, 0) is 78.3 Å². The fourth-order valence-corrected chi connectivity index (χ4v) is 6.39. The van der Waals surface area contributed by atoms with Crippen LogP contribution in [0.2, 0.25) is 0 Å². The minimum absolute atomic E-state index is 0.0550. The monoisotopic (exact) mass is 489 g/mol. The van der Waals surface area contributed by atoms with Gasteiger partial charge in [0.15, 0.2) is 0 Å². The molecule has 1 aliphatic heterocycles. The standard InChI is InChI=1S/C28H27NO5S/c1-19-5-4-7-24(15-19)35(32,33)29-18-23(12-14-28(30)31)34-27-13-9-20(17-26(27)29)16-22-11-10-21-6-2-3-8-25(21)22/h2-9,13,15-17,23H,10-12,14,18H2,1H3,(H,30,31)/b22-16+/t23-/m0/s1. The Kier molecular flexibility index (Phi) is 6.11. The predicted octanol–water partition coefficient (Wildman–Crippen LogP) is 5.30. The van der Waals surface area contributed by atoms with Crippen molar-refractivity contribution in [3.05, 3.63) is 89.0 Å². The van der Waals surface area contributed by atoms with E-state index in [1.165, 1.54) is 21.0 Å². The average Bonchev–Trinajstić information content (AvgIpc) is 3.25. The molecular formula is C28H27NO5S. The van der Waals surface area contributed by atoms with E-state index in [0.717, 1.165) is 24.0 Å². The van der Waals surface area contributed by atoms with E-state index in [-0.39, 0.29) is 24.3 Å². The fourth-order valence-electron chi connectivity index (χ4n) is 4.79. The first-order chi connectivity index (χ1) is 16.8. The second-order valence-electron chi connectivity index (χ2n) is 9.08. The zero-order valence-corrected chi connectivity index (χ0v) is 20.3. The summed E-state index contributed by atoms with van der Waals surface area (Å²) in [5, 5.41) is 9.12. The van der Waals surface area contributed by atoms with Crippen LogP contribution in [0.5, 0.6) is 5.75 Å². The van der Waals surface area contributed by atoms with Gasteiger partial charge < -0.3 is 9.84 Å². The van der Waals surface area contributed by atoms with Crippen molar-refractivity contribution in [1.29, 1.82) is 0 Å². The molecule has 2 aliphatic rings. The first kappa shape index (κ1) is 23.2. The highest BCUT2D eigenvalue weighted by Gasteiger charge is 2.35. The van der Waals surface area contributed by atoms with Crippen molar-refractivity contribution in [2.75, 3.05) is 10.8 Å². The molecule has 6 nitrogen and oxygen atoms in total. The number of allylic oxidation sites excluding steroid dienone is 1. The van der Waals surface area contributed by atoms with Crippen molar-refractivity contribution in [3.8, 4) is 5.75 Å². The van der Waals surface area contributed by atoms with Gasteiger partial charge in [-0.2, -0.15) is 0 Å². The Morgan fingerprint density at radius 2 is 1.91 bits per heavy atom. The molecule has 5 rings (SSSR count). The quantitative estimate of drug-likeness (QED) is 0.508. The number of carbonyl (C=O) groups is 1. The summed E-state index contributed by atoms with van der Waals surface area (Å²) in [7, 11) is -3.88. The number of hydrogen-bond donors (Lipinski definition) is 1. The van der Waals surface area contributed by atoms with Gasteiger partial charge >= 0.3 is 5.97 Å². The summed E-state index contributed by atoms with van der Waals surface area (Å²) in [6.07, 6.45) is 3.62. The van der Waals surface area contributed by atoms with Crippen LogP contribution in [0.15, 0.2) is 71.6 Å². The fraction of sp³-hybridized carbons (Fsp3) is 0.250. The summed E-state index contributed by atoms with van der Waals surface area (Å²) in [6, 6.07) is 20.7. The summed E-state index contributed by atoms with van der Waals surface area (Å²) >= 11 is 0. The molecule has 1 aliphatic carbocycles. The SMILES string of the molecule is Cc1cccc(S(=O)(=O)N2C[C@H](CCC(=O)O)Oc3ccc(/C=C4\CCc5ccccc54)cc32)c1. The lowest BCUT2D eigenvalue weighted by molar-refractivity contribution is -0.137. The van der Waals surface area contributed by atoms with Gasteiger partial charge in [0.1, 0.15) is 11.9 Å². The highest BCUT2D eigenvalue weighted by atomic mass is 32.2. The van der Waals surface area contributed by atoms with Crippen LogP contribution >= 0.6 is 0 Å². The van der Waals surface area contributed by atoms with Crippen LogP contribution in [0.1, 0.15) is 41.5 Å². The summed E-state index contributed by atoms with van der Waals surface area (Å²) in [6.45, 7) is 1.91. The molecule has 3 aromatic carbocycles. The number of nitrogens with zero attached hydrogens (tertiary/aromatic N) is 1. The molecular weight excluding hydrogens is 462 g/mol. The van der Waals surface area contributed by atoms with E-state index < -0.39 is 22.1 Å². The molecule has 3 aromatic rings.